The topological polar surface area (TPSA) is 26.3 Å². The first kappa shape index (κ1) is 13.8. The molecule has 0 N–H and O–H groups in total. The monoisotopic (exact) mass is 238 g/mol. The number of halogens is 1. The molecule has 1 aromatic rings. The minimum absolute atomic E-state index is 0.169. The summed E-state index contributed by atoms with van der Waals surface area (Å²) in [6, 6.07) is 4.68. The summed E-state index contributed by atoms with van der Waals surface area (Å²) in [4.78, 5) is 11.8. The second-order valence-electron chi connectivity index (χ2n) is 4.87. The van der Waals surface area contributed by atoms with E-state index in [4.69, 9.17) is 4.74 Å². The highest BCUT2D eigenvalue weighted by Crippen LogP contribution is 2.19. The summed E-state index contributed by atoms with van der Waals surface area (Å²) in [5, 5.41) is 0. The Hall–Kier alpha value is -1.22. The summed E-state index contributed by atoms with van der Waals surface area (Å²) in [6.45, 7) is 5.61. The number of carbonyl (C=O) groups is 1. The van der Waals surface area contributed by atoms with Crippen LogP contribution in [0.25, 0.3) is 0 Å². The molecule has 0 saturated heterocycles. The van der Waals surface area contributed by atoms with Crippen molar-refractivity contribution in [3.05, 3.63) is 35.1 Å². The maximum atomic E-state index is 13.6. The van der Waals surface area contributed by atoms with E-state index in [9.17, 15) is 9.18 Å². The first-order chi connectivity index (χ1) is 7.85. The third-order valence-electron chi connectivity index (χ3n) is 2.93. The lowest BCUT2D eigenvalue weighted by Gasteiger charge is -2.22. The van der Waals surface area contributed by atoms with Crippen LogP contribution in [0.1, 0.15) is 42.6 Å². The van der Waals surface area contributed by atoms with E-state index >= 15 is 0 Å². The van der Waals surface area contributed by atoms with Gasteiger partial charge in [0.15, 0.2) is 5.78 Å². The van der Waals surface area contributed by atoms with E-state index in [1.807, 2.05) is 13.8 Å². The van der Waals surface area contributed by atoms with E-state index in [0.717, 1.165) is 5.56 Å². The fourth-order valence-corrected chi connectivity index (χ4v) is 1.50. The molecular formula is C14H19FO2. The number of methoxy groups -OCH3 is 1. The van der Waals surface area contributed by atoms with Gasteiger partial charge in [0.1, 0.15) is 5.82 Å². The van der Waals surface area contributed by atoms with Crippen molar-refractivity contribution in [3.8, 4) is 0 Å². The van der Waals surface area contributed by atoms with Crippen LogP contribution >= 0.6 is 0 Å². The summed E-state index contributed by atoms with van der Waals surface area (Å²) in [7, 11) is 1.61. The third-order valence-corrected chi connectivity index (χ3v) is 2.93. The fourth-order valence-electron chi connectivity index (χ4n) is 1.50. The molecule has 0 aliphatic carbocycles. The summed E-state index contributed by atoms with van der Waals surface area (Å²) in [5.41, 5.74) is 0.635. The highest BCUT2D eigenvalue weighted by molar-refractivity contribution is 5.96. The average molecular weight is 238 g/mol. The molecule has 0 unspecified atom stereocenters. The Labute approximate surface area is 102 Å². The molecule has 0 saturated carbocycles. The zero-order chi connectivity index (χ0) is 13.1. The average Bonchev–Trinajstić information content (AvgIpc) is 2.26. The van der Waals surface area contributed by atoms with Crippen LogP contribution in [0, 0.1) is 12.7 Å². The van der Waals surface area contributed by atoms with E-state index in [0.29, 0.717) is 12.8 Å². The quantitative estimate of drug-likeness (QED) is 0.734. The van der Waals surface area contributed by atoms with Gasteiger partial charge in [-0.1, -0.05) is 6.07 Å². The van der Waals surface area contributed by atoms with Gasteiger partial charge in [-0.2, -0.15) is 0 Å². The van der Waals surface area contributed by atoms with Crippen molar-refractivity contribution in [2.45, 2.75) is 39.2 Å². The molecule has 0 atom stereocenters. The molecule has 3 heteroatoms. The Balaban J connectivity index is 2.71. The summed E-state index contributed by atoms with van der Waals surface area (Å²) in [6.07, 6.45) is 0.871. The SMILES string of the molecule is COC(C)(C)CCC(=O)c1ccc(C)cc1F. The molecule has 0 heterocycles. The van der Waals surface area contributed by atoms with Crippen LogP contribution < -0.4 is 0 Å². The minimum Gasteiger partial charge on any atom is -0.379 e. The number of hydrogen-bond acceptors (Lipinski definition) is 2. The number of aryl methyl sites for hydroxylation is 1. The van der Waals surface area contributed by atoms with E-state index in [1.165, 1.54) is 6.07 Å². The highest BCUT2D eigenvalue weighted by Gasteiger charge is 2.20. The van der Waals surface area contributed by atoms with Gasteiger partial charge in [-0.25, -0.2) is 4.39 Å². The lowest BCUT2D eigenvalue weighted by atomic mass is 9.97. The second kappa shape index (κ2) is 5.41. The number of Topliss-reactive ketones (excluding diaryl/α,β-unsaturated/α-hetero) is 1. The largest absolute Gasteiger partial charge is 0.379 e. The molecule has 94 valence electrons. The molecule has 0 fully saturated rings. The van der Waals surface area contributed by atoms with Crippen LogP contribution in [0.3, 0.4) is 0 Å². The van der Waals surface area contributed by atoms with Crippen LogP contribution in [-0.2, 0) is 4.74 Å². The van der Waals surface area contributed by atoms with Crippen LogP contribution in [0.2, 0.25) is 0 Å². The number of carbonyl (C=O) groups excluding carboxylic acids is 1. The first-order valence-electron chi connectivity index (χ1n) is 5.70. The number of benzene rings is 1. The first-order valence-corrected chi connectivity index (χ1v) is 5.70. The molecule has 0 amide bonds. The van der Waals surface area contributed by atoms with Gasteiger partial charge in [0.2, 0.25) is 0 Å². The Kier molecular flexibility index (Phi) is 4.40. The lowest BCUT2D eigenvalue weighted by molar-refractivity contribution is 0.0141. The van der Waals surface area contributed by atoms with Crippen LogP contribution in [-0.4, -0.2) is 18.5 Å². The maximum Gasteiger partial charge on any atom is 0.165 e. The molecule has 0 aliphatic rings. The van der Waals surface area contributed by atoms with Gasteiger partial charge in [0.25, 0.3) is 0 Å². The molecule has 0 bridgehead atoms. The number of ether oxygens (including phenoxy) is 1. The molecule has 2 nitrogen and oxygen atoms in total. The second-order valence-corrected chi connectivity index (χ2v) is 4.87. The Morgan fingerprint density at radius 1 is 1.41 bits per heavy atom. The zero-order valence-corrected chi connectivity index (χ0v) is 10.8. The molecule has 1 rings (SSSR count). The van der Waals surface area contributed by atoms with Crippen molar-refractivity contribution in [1.29, 1.82) is 0 Å². The Morgan fingerprint density at radius 2 is 2.06 bits per heavy atom. The molecule has 0 aromatic heterocycles. The van der Waals surface area contributed by atoms with Crippen molar-refractivity contribution in [3.63, 3.8) is 0 Å². The predicted molar refractivity (Wildman–Crippen MR) is 65.8 cm³/mol. The van der Waals surface area contributed by atoms with Crippen molar-refractivity contribution < 1.29 is 13.9 Å². The third kappa shape index (κ3) is 3.93. The number of rotatable bonds is 5. The standard InChI is InChI=1S/C14H19FO2/c1-10-5-6-11(12(15)9-10)13(16)7-8-14(2,3)17-4/h5-6,9H,7-8H2,1-4H3. The maximum absolute atomic E-state index is 13.6. The van der Waals surface area contributed by atoms with Crippen molar-refractivity contribution in [1.82, 2.24) is 0 Å². The number of hydrogen-bond donors (Lipinski definition) is 0. The lowest BCUT2D eigenvalue weighted by Crippen LogP contribution is -2.23. The van der Waals surface area contributed by atoms with Crippen LogP contribution in [0.15, 0.2) is 18.2 Å². The summed E-state index contributed by atoms with van der Waals surface area (Å²) >= 11 is 0. The van der Waals surface area contributed by atoms with Crippen molar-refractivity contribution >= 4 is 5.78 Å². The van der Waals surface area contributed by atoms with E-state index in [2.05, 4.69) is 0 Å². The van der Waals surface area contributed by atoms with Gasteiger partial charge in [-0.3, -0.25) is 4.79 Å². The summed E-state index contributed by atoms with van der Waals surface area (Å²) < 4.78 is 18.8. The van der Waals surface area contributed by atoms with Gasteiger partial charge in [-0.15, -0.1) is 0 Å². The molecule has 0 spiro atoms. The van der Waals surface area contributed by atoms with Crippen molar-refractivity contribution in [2.24, 2.45) is 0 Å². The molecular weight excluding hydrogens is 219 g/mol. The van der Waals surface area contributed by atoms with E-state index in [-0.39, 0.29) is 16.9 Å². The summed E-state index contributed by atoms with van der Waals surface area (Å²) in [5.74, 6) is -0.613. The van der Waals surface area contributed by atoms with Gasteiger partial charge >= 0.3 is 0 Å². The van der Waals surface area contributed by atoms with Crippen molar-refractivity contribution in [2.75, 3.05) is 7.11 Å². The predicted octanol–water partition coefficient (Wildman–Crippen LogP) is 3.52. The van der Waals surface area contributed by atoms with Gasteiger partial charge in [0, 0.05) is 13.5 Å². The molecule has 0 aliphatic heterocycles. The Morgan fingerprint density at radius 3 is 2.59 bits per heavy atom. The Bertz CT molecular complexity index is 411. The number of ketones is 1. The van der Waals surface area contributed by atoms with Gasteiger partial charge < -0.3 is 4.74 Å². The van der Waals surface area contributed by atoms with Crippen LogP contribution in [0.5, 0.6) is 0 Å². The fraction of sp³-hybridized carbons (Fsp3) is 0.500. The van der Waals surface area contributed by atoms with E-state index < -0.39 is 5.82 Å². The minimum atomic E-state index is -0.440. The van der Waals surface area contributed by atoms with Crippen LogP contribution in [0.4, 0.5) is 4.39 Å². The highest BCUT2D eigenvalue weighted by atomic mass is 19.1. The van der Waals surface area contributed by atoms with E-state index in [1.54, 1.807) is 26.2 Å². The normalized spacial score (nSPS) is 11.6. The smallest absolute Gasteiger partial charge is 0.165 e. The zero-order valence-electron chi connectivity index (χ0n) is 10.8. The molecule has 0 radical (unpaired) electrons. The van der Waals surface area contributed by atoms with Gasteiger partial charge in [-0.05, 0) is 44.9 Å². The molecule has 17 heavy (non-hydrogen) atoms. The van der Waals surface area contributed by atoms with Gasteiger partial charge in [0.05, 0.1) is 11.2 Å². The molecule has 1 aromatic carbocycles.